The minimum atomic E-state index is 0.457. The lowest BCUT2D eigenvalue weighted by Gasteiger charge is -2.01. The number of benzene rings is 1. The molecule has 1 aromatic heterocycles. The lowest BCUT2D eigenvalue weighted by molar-refractivity contribution is 1.22. The highest BCUT2D eigenvalue weighted by molar-refractivity contribution is 9.10. The molecule has 0 unspecified atom stereocenters. The summed E-state index contributed by atoms with van der Waals surface area (Å²) in [7, 11) is 0. The molecule has 0 bridgehead atoms. The zero-order chi connectivity index (χ0) is 10.7. The van der Waals surface area contributed by atoms with E-state index >= 15 is 0 Å². The molecule has 0 atom stereocenters. The summed E-state index contributed by atoms with van der Waals surface area (Å²) in [6, 6.07) is 7.95. The quantitative estimate of drug-likeness (QED) is 0.851. The summed E-state index contributed by atoms with van der Waals surface area (Å²) in [5.41, 5.74) is 1.93. The van der Waals surface area contributed by atoms with Gasteiger partial charge in [-0.2, -0.15) is 0 Å². The van der Waals surface area contributed by atoms with E-state index in [-0.39, 0.29) is 0 Å². The van der Waals surface area contributed by atoms with Gasteiger partial charge in [0.25, 0.3) is 0 Å². The molecule has 0 spiro atoms. The third kappa shape index (κ3) is 2.93. The van der Waals surface area contributed by atoms with Crippen molar-refractivity contribution < 1.29 is 0 Å². The average molecular weight is 304 g/mol. The Kier molecular flexibility index (Phi) is 3.61. The van der Waals surface area contributed by atoms with Crippen molar-refractivity contribution in [2.24, 2.45) is 0 Å². The predicted octanol–water partition coefficient (Wildman–Crippen LogP) is 4.39. The second-order valence-electron chi connectivity index (χ2n) is 2.91. The second-order valence-corrected chi connectivity index (χ2v) is 4.95. The van der Waals surface area contributed by atoms with Crippen molar-refractivity contribution in [3.8, 4) is 0 Å². The molecule has 0 aliphatic rings. The van der Waals surface area contributed by atoms with Crippen LogP contribution in [-0.4, -0.2) is 4.98 Å². The van der Waals surface area contributed by atoms with E-state index in [1.807, 2.05) is 29.6 Å². The topological polar surface area (TPSA) is 24.9 Å². The molecule has 2 nitrogen and oxygen atoms in total. The minimum Gasteiger partial charge on any atom is -0.332 e. The van der Waals surface area contributed by atoms with Crippen LogP contribution in [0.15, 0.2) is 34.1 Å². The van der Waals surface area contributed by atoms with Crippen LogP contribution in [0.25, 0.3) is 0 Å². The first-order chi connectivity index (χ1) is 7.28. The Labute approximate surface area is 105 Å². The van der Waals surface area contributed by atoms with Crippen molar-refractivity contribution in [2.45, 2.75) is 5.88 Å². The first-order valence-electron chi connectivity index (χ1n) is 4.31. The number of hydrogen-bond donors (Lipinski definition) is 1. The predicted molar refractivity (Wildman–Crippen MR) is 69.1 cm³/mol. The lowest BCUT2D eigenvalue weighted by atomic mass is 10.3. The molecule has 1 aromatic carbocycles. The van der Waals surface area contributed by atoms with Crippen LogP contribution in [-0.2, 0) is 5.88 Å². The summed E-state index contributed by atoms with van der Waals surface area (Å²) in [6.45, 7) is 0. The molecule has 2 aromatic rings. The Morgan fingerprint density at radius 3 is 2.67 bits per heavy atom. The number of alkyl halides is 1. The molecule has 78 valence electrons. The van der Waals surface area contributed by atoms with Gasteiger partial charge >= 0.3 is 0 Å². The maximum absolute atomic E-state index is 5.67. The smallest absolute Gasteiger partial charge is 0.187 e. The third-order valence-corrected chi connectivity index (χ3v) is 3.39. The normalized spacial score (nSPS) is 10.3. The van der Waals surface area contributed by atoms with E-state index in [0.29, 0.717) is 5.88 Å². The van der Waals surface area contributed by atoms with Gasteiger partial charge in [-0.05, 0) is 24.3 Å². The number of halogens is 2. The summed E-state index contributed by atoms with van der Waals surface area (Å²) in [4.78, 5) is 4.31. The van der Waals surface area contributed by atoms with Gasteiger partial charge in [-0.15, -0.1) is 22.9 Å². The SMILES string of the molecule is ClCc1csc(Nc2ccc(Br)cc2)n1. The van der Waals surface area contributed by atoms with Crippen LogP contribution >= 0.6 is 38.9 Å². The fourth-order valence-corrected chi connectivity index (χ4v) is 2.31. The molecule has 0 aliphatic carbocycles. The molecule has 1 heterocycles. The van der Waals surface area contributed by atoms with Crippen LogP contribution in [0.5, 0.6) is 0 Å². The monoisotopic (exact) mass is 302 g/mol. The first-order valence-corrected chi connectivity index (χ1v) is 6.51. The molecule has 0 aliphatic heterocycles. The van der Waals surface area contributed by atoms with Crippen molar-refractivity contribution in [1.29, 1.82) is 0 Å². The van der Waals surface area contributed by atoms with Gasteiger partial charge < -0.3 is 5.32 Å². The van der Waals surface area contributed by atoms with Crippen LogP contribution in [0, 0.1) is 0 Å². The standard InChI is InChI=1S/C10H8BrClN2S/c11-7-1-3-8(4-2-7)13-10-14-9(5-12)6-15-10/h1-4,6H,5H2,(H,13,14). The number of aromatic nitrogens is 1. The number of nitrogens with zero attached hydrogens (tertiary/aromatic N) is 1. The summed E-state index contributed by atoms with van der Waals surface area (Å²) >= 11 is 10.6. The minimum absolute atomic E-state index is 0.457. The van der Waals surface area contributed by atoms with Crippen molar-refractivity contribution in [3.63, 3.8) is 0 Å². The first kappa shape index (κ1) is 10.9. The highest BCUT2D eigenvalue weighted by Crippen LogP contribution is 2.22. The van der Waals surface area contributed by atoms with Gasteiger partial charge in [-0.1, -0.05) is 15.9 Å². The fourth-order valence-electron chi connectivity index (χ4n) is 1.08. The van der Waals surface area contributed by atoms with Gasteiger partial charge in [0.15, 0.2) is 5.13 Å². The van der Waals surface area contributed by atoms with Gasteiger partial charge in [0.2, 0.25) is 0 Å². The molecular weight excluding hydrogens is 296 g/mol. The Balaban J connectivity index is 2.11. The second kappa shape index (κ2) is 4.96. The molecule has 5 heteroatoms. The Hall–Kier alpha value is -0.580. The third-order valence-electron chi connectivity index (χ3n) is 1.78. The molecule has 1 N–H and O–H groups in total. The van der Waals surface area contributed by atoms with E-state index in [4.69, 9.17) is 11.6 Å². The molecule has 0 fully saturated rings. The van der Waals surface area contributed by atoms with Crippen LogP contribution in [0.1, 0.15) is 5.69 Å². The summed E-state index contributed by atoms with van der Waals surface area (Å²) in [5.74, 6) is 0.457. The Morgan fingerprint density at radius 2 is 2.07 bits per heavy atom. The maximum atomic E-state index is 5.67. The fraction of sp³-hybridized carbons (Fsp3) is 0.100. The van der Waals surface area contributed by atoms with E-state index in [1.165, 1.54) is 0 Å². The van der Waals surface area contributed by atoms with Gasteiger partial charge in [0.1, 0.15) is 0 Å². The number of rotatable bonds is 3. The Bertz CT molecular complexity index is 441. The summed E-state index contributed by atoms with van der Waals surface area (Å²) < 4.78 is 1.06. The number of anilines is 2. The van der Waals surface area contributed by atoms with Gasteiger partial charge in [0, 0.05) is 15.5 Å². The number of nitrogens with one attached hydrogen (secondary N) is 1. The van der Waals surface area contributed by atoms with Crippen molar-refractivity contribution in [2.75, 3.05) is 5.32 Å². The molecule has 0 amide bonds. The highest BCUT2D eigenvalue weighted by atomic mass is 79.9. The van der Waals surface area contributed by atoms with Gasteiger partial charge in [0.05, 0.1) is 11.6 Å². The number of hydrogen-bond acceptors (Lipinski definition) is 3. The Morgan fingerprint density at radius 1 is 1.33 bits per heavy atom. The molecule has 0 saturated carbocycles. The molecular formula is C10H8BrClN2S. The van der Waals surface area contributed by atoms with Crippen molar-refractivity contribution in [3.05, 3.63) is 39.8 Å². The zero-order valence-electron chi connectivity index (χ0n) is 7.71. The zero-order valence-corrected chi connectivity index (χ0v) is 10.9. The van der Waals surface area contributed by atoms with E-state index in [1.54, 1.807) is 11.3 Å². The average Bonchev–Trinajstić information content (AvgIpc) is 2.69. The molecule has 0 radical (unpaired) electrons. The molecule has 0 saturated heterocycles. The highest BCUT2D eigenvalue weighted by Gasteiger charge is 2.00. The van der Waals surface area contributed by atoms with Gasteiger partial charge in [-0.25, -0.2) is 4.98 Å². The van der Waals surface area contributed by atoms with Crippen LogP contribution in [0.3, 0.4) is 0 Å². The van der Waals surface area contributed by atoms with Crippen molar-refractivity contribution in [1.82, 2.24) is 4.98 Å². The lowest BCUT2D eigenvalue weighted by Crippen LogP contribution is -1.89. The van der Waals surface area contributed by atoms with E-state index < -0.39 is 0 Å². The largest absolute Gasteiger partial charge is 0.332 e. The molecule has 2 rings (SSSR count). The van der Waals surface area contributed by atoms with Crippen LogP contribution < -0.4 is 5.32 Å². The summed E-state index contributed by atoms with van der Waals surface area (Å²) in [6.07, 6.45) is 0. The maximum Gasteiger partial charge on any atom is 0.187 e. The van der Waals surface area contributed by atoms with Crippen LogP contribution in [0.4, 0.5) is 10.8 Å². The number of thiazole rings is 1. The van der Waals surface area contributed by atoms with Gasteiger partial charge in [-0.3, -0.25) is 0 Å². The van der Waals surface area contributed by atoms with Crippen molar-refractivity contribution >= 4 is 49.7 Å². The van der Waals surface area contributed by atoms with E-state index in [0.717, 1.165) is 21.0 Å². The van der Waals surface area contributed by atoms with Crippen LogP contribution in [0.2, 0.25) is 0 Å². The van der Waals surface area contributed by atoms with E-state index in [2.05, 4.69) is 26.2 Å². The molecule has 15 heavy (non-hydrogen) atoms. The van der Waals surface area contributed by atoms with E-state index in [9.17, 15) is 0 Å². The summed E-state index contributed by atoms with van der Waals surface area (Å²) in [5, 5.41) is 6.03.